The van der Waals surface area contributed by atoms with Crippen molar-refractivity contribution in [3.8, 4) is 5.88 Å². The topological polar surface area (TPSA) is 90.2 Å². The van der Waals surface area contributed by atoms with Crippen LogP contribution in [0.25, 0.3) is 0 Å². The lowest BCUT2D eigenvalue weighted by atomic mass is 10.1. The number of hydrogen-bond acceptors (Lipinski definition) is 6. The minimum absolute atomic E-state index is 0.0835. The zero-order valence-electron chi connectivity index (χ0n) is 13.1. The molecule has 0 N–H and O–H groups in total. The predicted octanol–water partition coefficient (Wildman–Crippen LogP) is 0.751. The molecule has 0 aromatic carbocycles. The number of hydrogen-bond donors (Lipinski definition) is 0. The highest BCUT2D eigenvalue weighted by Gasteiger charge is 2.33. The first-order valence-electron chi connectivity index (χ1n) is 7.39. The standard InChI is InChI=1S/C14H19N5O3S/c1-11-17-14(9-18(11)2)23(20,21)19-7-3-4-12(8-19)22-13-5-6-15-10-16-13/h5-6,9-10,12H,3-4,7-8H2,1-2H3/t12-/m1/s1. The largest absolute Gasteiger partial charge is 0.473 e. The number of nitrogens with zero attached hydrogens (tertiary/aromatic N) is 5. The van der Waals surface area contributed by atoms with Crippen LogP contribution in [0.4, 0.5) is 0 Å². The van der Waals surface area contributed by atoms with Crippen LogP contribution in [0.5, 0.6) is 5.88 Å². The fourth-order valence-electron chi connectivity index (χ4n) is 2.52. The minimum Gasteiger partial charge on any atom is -0.473 e. The zero-order valence-corrected chi connectivity index (χ0v) is 13.9. The predicted molar refractivity (Wildman–Crippen MR) is 82.4 cm³/mol. The third-order valence-corrected chi connectivity index (χ3v) is 5.61. The molecule has 1 saturated heterocycles. The molecule has 2 aromatic rings. The lowest BCUT2D eigenvalue weighted by Crippen LogP contribution is -2.44. The average molecular weight is 337 g/mol. The third-order valence-electron chi connectivity index (χ3n) is 3.87. The number of aryl methyl sites for hydroxylation is 2. The highest BCUT2D eigenvalue weighted by molar-refractivity contribution is 7.89. The van der Waals surface area contributed by atoms with Gasteiger partial charge in [0.15, 0.2) is 5.03 Å². The summed E-state index contributed by atoms with van der Waals surface area (Å²) in [5.74, 6) is 1.12. The van der Waals surface area contributed by atoms with Crippen molar-refractivity contribution in [2.45, 2.75) is 30.9 Å². The number of aromatic nitrogens is 4. The first-order valence-corrected chi connectivity index (χ1v) is 8.83. The maximum absolute atomic E-state index is 12.7. The van der Waals surface area contributed by atoms with E-state index in [0.29, 0.717) is 24.8 Å². The maximum atomic E-state index is 12.7. The molecule has 2 aromatic heterocycles. The van der Waals surface area contributed by atoms with Gasteiger partial charge < -0.3 is 9.30 Å². The van der Waals surface area contributed by atoms with E-state index in [4.69, 9.17) is 4.74 Å². The summed E-state index contributed by atoms with van der Waals surface area (Å²) in [5, 5.41) is 0.0835. The van der Waals surface area contributed by atoms with Crippen LogP contribution in [0.2, 0.25) is 0 Å². The fourth-order valence-corrected chi connectivity index (χ4v) is 4.06. The third kappa shape index (κ3) is 3.35. The Bertz CT molecular complexity index is 755. The van der Waals surface area contributed by atoms with Gasteiger partial charge in [0.2, 0.25) is 5.88 Å². The van der Waals surface area contributed by atoms with Crippen LogP contribution in [-0.2, 0) is 17.1 Å². The Kier molecular flexibility index (Phi) is 4.31. The molecule has 0 unspecified atom stereocenters. The van der Waals surface area contributed by atoms with E-state index in [0.717, 1.165) is 12.8 Å². The molecule has 1 fully saturated rings. The van der Waals surface area contributed by atoms with Crippen LogP contribution in [-0.4, -0.2) is 51.4 Å². The molecule has 0 radical (unpaired) electrons. The second-order valence-electron chi connectivity index (χ2n) is 5.53. The van der Waals surface area contributed by atoms with Crippen molar-refractivity contribution in [1.82, 2.24) is 23.8 Å². The summed E-state index contributed by atoms with van der Waals surface area (Å²) in [5.41, 5.74) is 0. The Balaban J connectivity index is 1.75. The van der Waals surface area contributed by atoms with Gasteiger partial charge in [-0.15, -0.1) is 0 Å². The number of rotatable bonds is 4. The van der Waals surface area contributed by atoms with Crippen LogP contribution in [0.3, 0.4) is 0 Å². The Labute approximate surface area is 135 Å². The number of sulfonamides is 1. The average Bonchev–Trinajstić information content (AvgIpc) is 2.89. The summed E-state index contributed by atoms with van der Waals surface area (Å²) >= 11 is 0. The van der Waals surface area contributed by atoms with Crippen molar-refractivity contribution in [3.63, 3.8) is 0 Å². The van der Waals surface area contributed by atoms with E-state index in [1.54, 1.807) is 37.0 Å². The highest BCUT2D eigenvalue weighted by Crippen LogP contribution is 2.22. The molecule has 3 heterocycles. The van der Waals surface area contributed by atoms with E-state index in [1.807, 2.05) is 0 Å². The maximum Gasteiger partial charge on any atom is 0.262 e. The van der Waals surface area contributed by atoms with Gasteiger partial charge in [-0.2, -0.15) is 4.31 Å². The quantitative estimate of drug-likeness (QED) is 0.818. The first kappa shape index (κ1) is 15.9. The summed E-state index contributed by atoms with van der Waals surface area (Å²) in [6, 6.07) is 1.66. The summed E-state index contributed by atoms with van der Waals surface area (Å²) in [6.45, 7) is 2.54. The van der Waals surface area contributed by atoms with Gasteiger partial charge in [0.05, 0.1) is 6.54 Å². The van der Waals surface area contributed by atoms with Crippen molar-refractivity contribution in [2.24, 2.45) is 7.05 Å². The Hall–Kier alpha value is -2.00. The van der Waals surface area contributed by atoms with Crippen LogP contribution >= 0.6 is 0 Å². The molecule has 3 rings (SSSR count). The molecule has 0 aliphatic carbocycles. The molecular formula is C14H19N5O3S. The van der Waals surface area contributed by atoms with Gasteiger partial charge in [0, 0.05) is 32.1 Å². The van der Waals surface area contributed by atoms with E-state index in [-0.39, 0.29) is 11.1 Å². The van der Waals surface area contributed by atoms with E-state index >= 15 is 0 Å². The molecule has 23 heavy (non-hydrogen) atoms. The monoisotopic (exact) mass is 337 g/mol. The molecule has 9 heteroatoms. The van der Waals surface area contributed by atoms with Gasteiger partial charge in [0.1, 0.15) is 18.3 Å². The molecule has 1 atom stereocenters. The fraction of sp³-hybridized carbons (Fsp3) is 0.500. The highest BCUT2D eigenvalue weighted by atomic mass is 32.2. The van der Waals surface area contributed by atoms with Gasteiger partial charge in [-0.3, -0.25) is 0 Å². The molecular weight excluding hydrogens is 318 g/mol. The lowest BCUT2D eigenvalue weighted by Gasteiger charge is -2.31. The molecule has 8 nitrogen and oxygen atoms in total. The van der Waals surface area contributed by atoms with Gasteiger partial charge in [-0.05, 0) is 19.8 Å². The summed E-state index contributed by atoms with van der Waals surface area (Å²) < 4.78 is 34.3. The Morgan fingerprint density at radius 2 is 2.22 bits per heavy atom. The van der Waals surface area contributed by atoms with Crippen LogP contribution in [0.1, 0.15) is 18.7 Å². The smallest absolute Gasteiger partial charge is 0.262 e. The van der Waals surface area contributed by atoms with Crippen molar-refractivity contribution >= 4 is 10.0 Å². The van der Waals surface area contributed by atoms with E-state index < -0.39 is 10.0 Å². The minimum atomic E-state index is -3.60. The van der Waals surface area contributed by atoms with Gasteiger partial charge in [-0.25, -0.2) is 23.4 Å². The second-order valence-corrected chi connectivity index (χ2v) is 7.41. The first-order chi connectivity index (χ1) is 11.0. The number of piperidine rings is 1. The van der Waals surface area contributed by atoms with E-state index in [9.17, 15) is 8.42 Å². The number of imidazole rings is 1. The van der Waals surface area contributed by atoms with Crippen LogP contribution in [0.15, 0.2) is 29.8 Å². The van der Waals surface area contributed by atoms with Gasteiger partial charge in [-0.1, -0.05) is 0 Å². The molecule has 0 bridgehead atoms. The summed E-state index contributed by atoms with van der Waals surface area (Å²) in [6.07, 6.45) is 5.84. The molecule has 0 spiro atoms. The van der Waals surface area contributed by atoms with Crippen LogP contribution in [0, 0.1) is 6.92 Å². The van der Waals surface area contributed by atoms with E-state index in [2.05, 4.69) is 15.0 Å². The molecule has 124 valence electrons. The molecule has 1 aliphatic rings. The van der Waals surface area contributed by atoms with Crippen molar-refractivity contribution in [2.75, 3.05) is 13.1 Å². The normalized spacial score (nSPS) is 19.7. The summed E-state index contributed by atoms with van der Waals surface area (Å²) in [7, 11) is -1.82. The van der Waals surface area contributed by atoms with Gasteiger partial charge in [0.25, 0.3) is 10.0 Å². The Morgan fingerprint density at radius 1 is 1.39 bits per heavy atom. The van der Waals surface area contributed by atoms with Crippen molar-refractivity contribution in [1.29, 1.82) is 0 Å². The van der Waals surface area contributed by atoms with E-state index in [1.165, 1.54) is 10.6 Å². The molecule has 1 aliphatic heterocycles. The van der Waals surface area contributed by atoms with Gasteiger partial charge >= 0.3 is 0 Å². The van der Waals surface area contributed by atoms with Crippen molar-refractivity contribution in [3.05, 3.63) is 30.6 Å². The molecule has 0 amide bonds. The second kappa shape index (κ2) is 6.25. The van der Waals surface area contributed by atoms with Crippen LogP contribution < -0.4 is 4.74 Å². The molecule has 0 saturated carbocycles. The SMILES string of the molecule is Cc1nc(S(=O)(=O)N2CCC[C@@H](Oc3ccncn3)C2)cn1C. The number of ether oxygens (including phenoxy) is 1. The summed E-state index contributed by atoms with van der Waals surface area (Å²) in [4.78, 5) is 12.0. The zero-order chi connectivity index (χ0) is 16.4. The van der Waals surface area contributed by atoms with Crippen molar-refractivity contribution < 1.29 is 13.2 Å². The Morgan fingerprint density at radius 3 is 2.87 bits per heavy atom. The lowest BCUT2D eigenvalue weighted by molar-refractivity contribution is 0.124.